The molecule has 0 spiro atoms. The lowest BCUT2D eigenvalue weighted by Gasteiger charge is -2.07. The Hall–Kier alpha value is -1.80. The van der Waals surface area contributed by atoms with Crippen LogP contribution >= 0.6 is 0 Å². The topological polar surface area (TPSA) is 35.2 Å². The van der Waals surface area contributed by atoms with Crippen LogP contribution in [0, 0.1) is 6.92 Å². The van der Waals surface area contributed by atoms with E-state index >= 15 is 0 Å². The van der Waals surface area contributed by atoms with Gasteiger partial charge in [0.1, 0.15) is 12.4 Å². The smallest absolute Gasteiger partial charge is 0.120 e. The second-order valence-electron chi connectivity index (χ2n) is 4.13. The van der Waals surface area contributed by atoms with E-state index < -0.39 is 0 Å². The monoisotopic (exact) mass is 227 g/mol. The first-order valence-electron chi connectivity index (χ1n) is 5.75. The molecule has 0 aliphatic rings. The van der Waals surface area contributed by atoms with Gasteiger partial charge >= 0.3 is 0 Å². The van der Waals surface area contributed by atoms with Crippen LogP contribution in [0.1, 0.15) is 16.7 Å². The highest BCUT2D eigenvalue weighted by atomic mass is 16.5. The van der Waals surface area contributed by atoms with Crippen LogP contribution in [0.5, 0.6) is 5.75 Å². The zero-order valence-corrected chi connectivity index (χ0v) is 10.0. The van der Waals surface area contributed by atoms with Crippen LogP contribution in [0.15, 0.2) is 48.5 Å². The van der Waals surface area contributed by atoms with Crippen molar-refractivity contribution in [3.8, 4) is 5.75 Å². The summed E-state index contributed by atoms with van der Waals surface area (Å²) in [5, 5.41) is 0. The van der Waals surface area contributed by atoms with Crippen molar-refractivity contribution in [1.82, 2.24) is 0 Å². The molecule has 2 heteroatoms. The summed E-state index contributed by atoms with van der Waals surface area (Å²) in [6.07, 6.45) is 0. The minimum absolute atomic E-state index is 0.568. The largest absolute Gasteiger partial charge is 0.489 e. The Kier molecular flexibility index (Phi) is 3.78. The zero-order chi connectivity index (χ0) is 12.1. The van der Waals surface area contributed by atoms with Gasteiger partial charge in [0.2, 0.25) is 0 Å². The molecule has 0 heterocycles. The summed E-state index contributed by atoms with van der Waals surface area (Å²) < 4.78 is 5.73. The number of hydrogen-bond donors (Lipinski definition) is 1. The highest BCUT2D eigenvalue weighted by Gasteiger charge is 1.97. The van der Waals surface area contributed by atoms with Crippen molar-refractivity contribution in [2.24, 2.45) is 5.73 Å². The molecule has 2 nitrogen and oxygen atoms in total. The Labute approximate surface area is 102 Å². The molecule has 0 fully saturated rings. The molecule has 17 heavy (non-hydrogen) atoms. The molecular weight excluding hydrogens is 210 g/mol. The highest BCUT2D eigenvalue weighted by molar-refractivity contribution is 5.28. The van der Waals surface area contributed by atoms with Gasteiger partial charge in [-0.05, 0) is 35.7 Å². The molecule has 2 rings (SSSR count). The number of aryl methyl sites for hydroxylation is 1. The molecule has 0 atom stereocenters. The molecule has 0 saturated carbocycles. The molecule has 0 unspecified atom stereocenters. The molecule has 2 aromatic rings. The van der Waals surface area contributed by atoms with Gasteiger partial charge in [-0.2, -0.15) is 0 Å². The molecule has 2 aromatic carbocycles. The van der Waals surface area contributed by atoms with Crippen LogP contribution < -0.4 is 10.5 Å². The van der Waals surface area contributed by atoms with E-state index in [2.05, 4.69) is 25.1 Å². The van der Waals surface area contributed by atoms with Crippen molar-refractivity contribution >= 4 is 0 Å². The van der Waals surface area contributed by atoms with Gasteiger partial charge < -0.3 is 10.5 Å². The van der Waals surface area contributed by atoms with Gasteiger partial charge in [-0.15, -0.1) is 0 Å². The first kappa shape index (κ1) is 11.7. The maximum absolute atomic E-state index is 5.73. The molecule has 88 valence electrons. The molecular formula is C15H17NO. The van der Waals surface area contributed by atoms with Gasteiger partial charge in [-0.25, -0.2) is 0 Å². The molecule has 2 N–H and O–H groups in total. The lowest BCUT2D eigenvalue weighted by molar-refractivity contribution is 0.306. The Morgan fingerprint density at radius 2 is 1.76 bits per heavy atom. The van der Waals surface area contributed by atoms with E-state index in [1.165, 1.54) is 5.56 Å². The molecule has 0 aliphatic heterocycles. The summed E-state index contributed by atoms with van der Waals surface area (Å²) >= 11 is 0. The first-order chi connectivity index (χ1) is 8.28. The summed E-state index contributed by atoms with van der Waals surface area (Å²) in [6, 6.07) is 16.2. The lowest BCUT2D eigenvalue weighted by atomic mass is 10.1. The van der Waals surface area contributed by atoms with E-state index in [4.69, 9.17) is 10.5 Å². The fraction of sp³-hybridized carbons (Fsp3) is 0.200. The van der Waals surface area contributed by atoms with Crippen molar-refractivity contribution in [3.63, 3.8) is 0 Å². The summed E-state index contributed by atoms with van der Waals surface area (Å²) in [6.45, 7) is 3.21. The fourth-order valence-corrected chi connectivity index (χ4v) is 1.72. The van der Waals surface area contributed by atoms with E-state index in [0.29, 0.717) is 13.2 Å². The number of hydrogen-bond acceptors (Lipinski definition) is 2. The molecule has 0 amide bonds. The van der Waals surface area contributed by atoms with Crippen molar-refractivity contribution < 1.29 is 4.74 Å². The number of rotatable bonds is 4. The molecule has 0 bridgehead atoms. The summed E-state index contributed by atoms with van der Waals surface area (Å²) in [7, 11) is 0. The van der Waals surface area contributed by atoms with Gasteiger partial charge in [0.25, 0.3) is 0 Å². The van der Waals surface area contributed by atoms with E-state index in [0.717, 1.165) is 16.9 Å². The van der Waals surface area contributed by atoms with Crippen LogP contribution in [0.4, 0.5) is 0 Å². The fourth-order valence-electron chi connectivity index (χ4n) is 1.72. The van der Waals surface area contributed by atoms with Gasteiger partial charge in [-0.3, -0.25) is 0 Å². The predicted molar refractivity (Wildman–Crippen MR) is 69.8 cm³/mol. The van der Waals surface area contributed by atoms with E-state index in [9.17, 15) is 0 Å². The minimum atomic E-state index is 0.568. The Morgan fingerprint density at radius 3 is 2.53 bits per heavy atom. The zero-order valence-electron chi connectivity index (χ0n) is 10.0. The molecule has 0 radical (unpaired) electrons. The standard InChI is InChI=1S/C15H17NO/c1-12-4-2-7-15(8-12)17-11-14-6-3-5-13(9-14)10-16/h2-9H,10-11,16H2,1H3. The molecule has 0 aromatic heterocycles. The van der Waals surface area contributed by atoms with Crippen LogP contribution in [0.25, 0.3) is 0 Å². The quantitative estimate of drug-likeness (QED) is 0.871. The van der Waals surface area contributed by atoms with E-state index in [1.807, 2.05) is 30.3 Å². The number of benzene rings is 2. The number of nitrogens with two attached hydrogens (primary N) is 1. The molecule has 0 aliphatic carbocycles. The Balaban J connectivity index is 2.02. The van der Waals surface area contributed by atoms with Crippen molar-refractivity contribution in [2.75, 3.05) is 0 Å². The van der Waals surface area contributed by atoms with Crippen LogP contribution in [0.3, 0.4) is 0 Å². The van der Waals surface area contributed by atoms with Crippen molar-refractivity contribution in [1.29, 1.82) is 0 Å². The molecule has 0 saturated heterocycles. The maximum Gasteiger partial charge on any atom is 0.120 e. The lowest BCUT2D eigenvalue weighted by Crippen LogP contribution is -1.99. The highest BCUT2D eigenvalue weighted by Crippen LogP contribution is 2.15. The summed E-state index contributed by atoms with van der Waals surface area (Å²) in [5.74, 6) is 0.906. The summed E-state index contributed by atoms with van der Waals surface area (Å²) in [4.78, 5) is 0. The first-order valence-corrected chi connectivity index (χ1v) is 5.75. The average molecular weight is 227 g/mol. The van der Waals surface area contributed by atoms with E-state index in [-0.39, 0.29) is 0 Å². The Bertz CT molecular complexity index is 494. The maximum atomic E-state index is 5.73. The van der Waals surface area contributed by atoms with Crippen LogP contribution in [0.2, 0.25) is 0 Å². The van der Waals surface area contributed by atoms with Crippen molar-refractivity contribution in [2.45, 2.75) is 20.1 Å². The predicted octanol–water partition coefficient (Wildman–Crippen LogP) is 3.03. The van der Waals surface area contributed by atoms with E-state index in [1.54, 1.807) is 0 Å². The van der Waals surface area contributed by atoms with Gasteiger partial charge in [0.05, 0.1) is 0 Å². The van der Waals surface area contributed by atoms with Gasteiger partial charge in [-0.1, -0.05) is 36.4 Å². The Morgan fingerprint density at radius 1 is 1.00 bits per heavy atom. The van der Waals surface area contributed by atoms with Gasteiger partial charge in [0.15, 0.2) is 0 Å². The second-order valence-corrected chi connectivity index (χ2v) is 4.13. The SMILES string of the molecule is Cc1cccc(OCc2cccc(CN)c2)c1. The van der Waals surface area contributed by atoms with Gasteiger partial charge in [0, 0.05) is 6.54 Å². The third-order valence-electron chi connectivity index (χ3n) is 2.62. The minimum Gasteiger partial charge on any atom is -0.489 e. The summed E-state index contributed by atoms with van der Waals surface area (Å²) in [5.41, 5.74) is 9.09. The normalized spacial score (nSPS) is 10.2. The average Bonchev–Trinajstić information content (AvgIpc) is 2.37. The van der Waals surface area contributed by atoms with Crippen LogP contribution in [-0.4, -0.2) is 0 Å². The van der Waals surface area contributed by atoms with Crippen molar-refractivity contribution in [3.05, 3.63) is 65.2 Å². The third-order valence-corrected chi connectivity index (χ3v) is 2.62. The number of ether oxygens (including phenoxy) is 1. The second kappa shape index (κ2) is 5.51. The third kappa shape index (κ3) is 3.33. The van der Waals surface area contributed by atoms with Crippen LogP contribution in [-0.2, 0) is 13.2 Å².